The number of benzene rings is 4. The van der Waals surface area contributed by atoms with Crippen LogP contribution in [0.15, 0.2) is 90.0 Å². The molecule has 0 saturated heterocycles. The van der Waals surface area contributed by atoms with Gasteiger partial charge >= 0.3 is 5.97 Å². The van der Waals surface area contributed by atoms with Crippen molar-refractivity contribution in [2.75, 3.05) is 0 Å². The molecule has 4 aromatic rings. The molecule has 0 spiro atoms. The summed E-state index contributed by atoms with van der Waals surface area (Å²) in [6.45, 7) is 0. The van der Waals surface area contributed by atoms with Crippen molar-refractivity contribution < 1.29 is 24.5 Å². The van der Waals surface area contributed by atoms with Gasteiger partial charge in [0.1, 0.15) is 17.2 Å². The number of amides is 1. The first-order valence-corrected chi connectivity index (χ1v) is 9.66. The molecule has 7 nitrogen and oxygen atoms in total. The Morgan fingerprint density at radius 2 is 1.59 bits per heavy atom. The highest BCUT2D eigenvalue weighted by molar-refractivity contribution is 6.05. The molecule has 0 saturated carbocycles. The Morgan fingerprint density at radius 1 is 0.844 bits per heavy atom. The van der Waals surface area contributed by atoms with Crippen LogP contribution in [0.3, 0.4) is 0 Å². The zero-order valence-corrected chi connectivity index (χ0v) is 16.7. The van der Waals surface area contributed by atoms with E-state index in [9.17, 15) is 19.8 Å². The van der Waals surface area contributed by atoms with Crippen LogP contribution < -0.4 is 10.2 Å². The molecule has 0 aliphatic rings. The lowest BCUT2D eigenvalue weighted by molar-refractivity contribution is 0.0736. The monoisotopic (exact) mass is 426 g/mol. The maximum atomic E-state index is 12.6. The van der Waals surface area contributed by atoms with Gasteiger partial charge in [-0.3, -0.25) is 4.79 Å². The number of esters is 1. The molecule has 4 aromatic carbocycles. The van der Waals surface area contributed by atoms with E-state index in [1.54, 1.807) is 30.3 Å². The second kappa shape index (κ2) is 9.01. The minimum absolute atomic E-state index is 0.0179. The third kappa shape index (κ3) is 4.57. The number of hydrazone groups is 1. The minimum Gasteiger partial charge on any atom is -0.508 e. The molecule has 0 unspecified atom stereocenters. The van der Waals surface area contributed by atoms with Gasteiger partial charge in [0.15, 0.2) is 0 Å². The fourth-order valence-corrected chi connectivity index (χ4v) is 3.13. The smallest absolute Gasteiger partial charge is 0.344 e. The van der Waals surface area contributed by atoms with Crippen LogP contribution in [0.4, 0.5) is 0 Å². The Morgan fingerprint density at radius 3 is 2.38 bits per heavy atom. The zero-order valence-electron chi connectivity index (χ0n) is 16.7. The first kappa shape index (κ1) is 20.6. The van der Waals surface area contributed by atoms with Crippen LogP contribution in [0.25, 0.3) is 10.8 Å². The molecule has 0 fully saturated rings. The summed E-state index contributed by atoms with van der Waals surface area (Å²) in [5.41, 5.74) is 3.42. The quantitative estimate of drug-likeness (QED) is 0.192. The van der Waals surface area contributed by atoms with Gasteiger partial charge in [-0.05, 0) is 58.8 Å². The van der Waals surface area contributed by atoms with E-state index >= 15 is 0 Å². The fourth-order valence-electron chi connectivity index (χ4n) is 3.13. The van der Waals surface area contributed by atoms with E-state index < -0.39 is 11.9 Å². The van der Waals surface area contributed by atoms with Gasteiger partial charge in [0.05, 0.1) is 17.3 Å². The number of rotatable bonds is 5. The standard InChI is InChI=1S/C25H18N2O5/c28-18-10-13-22(23(29)14-18)24(30)27-26-15-16-8-11-19(12-9-16)32-25(31)21-7-3-5-17-4-1-2-6-20(17)21/h1-15,28-29H,(H,27,30). The van der Waals surface area contributed by atoms with E-state index in [2.05, 4.69) is 10.5 Å². The van der Waals surface area contributed by atoms with Gasteiger partial charge in [-0.1, -0.05) is 36.4 Å². The van der Waals surface area contributed by atoms with Crippen LogP contribution in [0, 0.1) is 0 Å². The molecule has 4 rings (SSSR count). The third-order valence-electron chi connectivity index (χ3n) is 4.71. The van der Waals surface area contributed by atoms with E-state index in [0.29, 0.717) is 16.9 Å². The molecular weight excluding hydrogens is 408 g/mol. The highest BCUT2D eigenvalue weighted by Crippen LogP contribution is 2.23. The summed E-state index contributed by atoms with van der Waals surface area (Å²) in [6, 6.07) is 23.3. The number of carbonyl (C=O) groups is 2. The molecule has 0 heterocycles. The van der Waals surface area contributed by atoms with E-state index in [1.807, 2.05) is 36.4 Å². The van der Waals surface area contributed by atoms with Crippen LogP contribution in [0.1, 0.15) is 26.3 Å². The fraction of sp³-hybridized carbons (Fsp3) is 0. The maximum absolute atomic E-state index is 12.6. The number of ether oxygens (including phenoxy) is 1. The number of fused-ring (bicyclic) bond motifs is 1. The summed E-state index contributed by atoms with van der Waals surface area (Å²) < 4.78 is 5.49. The van der Waals surface area contributed by atoms with Crippen LogP contribution >= 0.6 is 0 Å². The number of phenols is 2. The number of carbonyl (C=O) groups excluding carboxylic acids is 2. The molecule has 0 aromatic heterocycles. The normalized spacial score (nSPS) is 10.9. The lowest BCUT2D eigenvalue weighted by Crippen LogP contribution is -2.17. The second-order valence-corrected chi connectivity index (χ2v) is 6.89. The molecule has 0 atom stereocenters. The molecule has 7 heteroatoms. The second-order valence-electron chi connectivity index (χ2n) is 6.89. The Balaban J connectivity index is 1.39. The third-order valence-corrected chi connectivity index (χ3v) is 4.71. The van der Waals surface area contributed by atoms with Crippen molar-refractivity contribution >= 4 is 28.9 Å². The molecule has 0 aliphatic carbocycles. The average molecular weight is 426 g/mol. The highest BCUT2D eigenvalue weighted by Gasteiger charge is 2.12. The van der Waals surface area contributed by atoms with Crippen molar-refractivity contribution in [1.82, 2.24) is 5.43 Å². The van der Waals surface area contributed by atoms with Gasteiger partial charge in [0.25, 0.3) is 5.91 Å². The van der Waals surface area contributed by atoms with E-state index in [4.69, 9.17) is 4.74 Å². The molecule has 32 heavy (non-hydrogen) atoms. The number of hydrogen-bond donors (Lipinski definition) is 3. The van der Waals surface area contributed by atoms with Gasteiger partial charge in [-0.15, -0.1) is 0 Å². The maximum Gasteiger partial charge on any atom is 0.344 e. The predicted molar refractivity (Wildman–Crippen MR) is 120 cm³/mol. The van der Waals surface area contributed by atoms with Crippen molar-refractivity contribution in [3.8, 4) is 17.2 Å². The van der Waals surface area contributed by atoms with E-state index in [1.165, 1.54) is 18.3 Å². The number of hydrogen-bond acceptors (Lipinski definition) is 6. The Hall–Kier alpha value is -4.65. The molecule has 158 valence electrons. The summed E-state index contributed by atoms with van der Waals surface area (Å²) in [7, 11) is 0. The Kier molecular flexibility index (Phi) is 5.81. The molecular formula is C25H18N2O5. The topological polar surface area (TPSA) is 108 Å². The van der Waals surface area contributed by atoms with Gasteiger partial charge in [0.2, 0.25) is 0 Å². The summed E-state index contributed by atoms with van der Waals surface area (Å²) in [5.74, 6) is -1.21. The first-order chi connectivity index (χ1) is 15.5. The number of aromatic hydroxyl groups is 2. The number of nitrogens with zero attached hydrogens (tertiary/aromatic N) is 1. The predicted octanol–water partition coefficient (Wildman–Crippen LogP) is 4.23. The lowest BCUT2D eigenvalue weighted by atomic mass is 10.0. The molecule has 3 N–H and O–H groups in total. The van der Waals surface area contributed by atoms with Crippen LogP contribution in [-0.2, 0) is 0 Å². The lowest BCUT2D eigenvalue weighted by Gasteiger charge is -2.07. The highest BCUT2D eigenvalue weighted by atomic mass is 16.5. The van der Waals surface area contributed by atoms with Crippen LogP contribution in [-0.4, -0.2) is 28.3 Å². The van der Waals surface area contributed by atoms with Gasteiger partial charge < -0.3 is 14.9 Å². The Labute approximate surface area is 183 Å². The average Bonchev–Trinajstić information content (AvgIpc) is 2.79. The van der Waals surface area contributed by atoms with Gasteiger partial charge in [-0.2, -0.15) is 5.10 Å². The largest absolute Gasteiger partial charge is 0.508 e. The van der Waals surface area contributed by atoms with Crippen molar-refractivity contribution in [2.45, 2.75) is 0 Å². The molecule has 0 aliphatic heterocycles. The van der Waals surface area contributed by atoms with Crippen LogP contribution in [0.5, 0.6) is 17.2 Å². The first-order valence-electron chi connectivity index (χ1n) is 9.66. The van der Waals surface area contributed by atoms with Gasteiger partial charge in [-0.25, -0.2) is 10.2 Å². The minimum atomic E-state index is -0.626. The van der Waals surface area contributed by atoms with Crippen molar-refractivity contribution in [3.05, 3.63) is 102 Å². The van der Waals surface area contributed by atoms with Crippen molar-refractivity contribution in [1.29, 1.82) is 0 Å². The summed E-state index contributed by atoms with van der Waals surface area (Å²) >= 11 is 0. The molecule has 0 bridgehead atoms. The van der Waals surface area contributed by atoms with E-state index in [0.717, 1.165) is 16.8 Å². The van der Waals surface area contributed by atoms with E-state index in [-0.39, 0.29) is 17.1 Å². The molecule has 1 amide bonds. The Bertz CT molecular complexity index is 1320. The van der Waals surface area contributed by atoms with Gasteiger partial charge in [0, 0.05) is 6.07 Å². The van der Waals surface area contributed by atoms with Crippen molar-refractivity contribution in [2.24, 2.45) is 5.10 Å². The summed E-state index contributed by atoms with van der Waals surface area (Å²) in [5, 5.41) is 24.6. The summed E-state index contributed by atoms with van der Waals surface area (Å²) in [6.07, 6.45) is 1.41. The SMILES string of the molecule is O=C(NN=Cc1ccc(OC(=O)c2cccc3ccccc23)cc1)c1ccc(O)cc1O. The number of phenolic OH excluding ortho intramolecular Hbond substituents is 2. The zero-order chi connectivity index (χ0) is 22.5. The molecule has 0 radical (unpaired) electrons. The van der Waals surface area contributed by atoms with Crippen LogP contribution in [0.2, 0.25) is 0 Å². The van der Waals surface area contributed by atoms with Crippen molar-refractivity contribution in [3.63, 3.8) is 0 Å². The number of nitrogens with one attached hydrogen (secondary N) is 1. The summed E-state index contributed by atoms with van der Waals surface area (Å²) in [4.78, 5) is 24.7.